The molecule has 0 aromatic heterocycles. The smallest absolute Gasteiger partial charge is 0.236 e. The zero-order valence-corrected chi connectivity index (χ0v) is 6.88. The van der Waals surface area contributed by atoms with E-state index in [9.17, 15) is 4.79 Å². The standard InChI is InChI=1S/C7H10N2O.ClH/c8-7(10)6-9-4-2-1-3-5-9;/h1-4H,5-6H2,(H2,8,10);1H. The molecule has 0 fully saturated rings. The fourth-order valence-electron chi connectivity index (χ4n) is 0.825. The molecule has 0 aliphatic carbocycles. The number of nitrogens with two attached hydrogens (primary N) is 1. The number of hydrogen-bond donors (Lipinski definition) is 1. The lowest BCUT2D eigenvalue weighted by Crippen LogP contribution is -2.30. The van der Waals surface area contributed by atoms with Crippen molar-refractivity contribution < 1.29 is 4.79 Å². The van der Waals surface area contributed by atoms with Gasteiger partial charge in [-0.2, -0.15) is 0 Å². The summed E-state index contributed by atoms with van der Waals surface area (Å²) in [5.41, 5.74) is 4.98. The number of nitrogens with zero attached hydrogens (tertiary/aromatic N) is 1. The molecular formula is C7H11ClN2O. The Morgan fingerprint density at radius 2 is 2.27 bits per heavy atom. The predicted octanol–water partition coefficient (Wildman–Crippen LogP) is 0.279. The second-order valence-electron chi connectivity index (χ2n) is 2.17. The van der Waals surface area contributed by atoms with Crippen LogP contribution in [0.3, 0.4) is 0 Å². The van der Waals surface area contributed by atoms with Gasteiger partial charge >= 0.3 is 0 Å². The number of allylic oxidation sites excluding steroid dienone is 2. The van der Waals surface area contributed by atoms with Gasteiger partial charge in [0.1, 0.15) is 0 Å². The Balaban J connectivity index is 0.000001000. The van der Waals surface area contributed by atoms with Gasteiger partial charge in [0, 0.05) is 6.54 Å². The maximum Gasteiger partial charge on any atom is 0.236 e. The molecule has 2 N–H and O–H groups in total. The fourth-order valence-corrected chi connectivity index (χ4v) is 0.825. The van der Waals surface area contributed by atoms with Gasteiger partial charge in [0.25, 0.3) is 0 Å². The lowest BCUT2D eigenvalue weighted by molar-refractivity contribution is -0.118. The van der Waals surface area contributed by atoms with E-state index < -0.39 is 0 Å². The Kier molecular flexibility index (Phi) is 4.38. The molecule has 1 amide bonds. The first-order chi connectivity index (χ1) is 4.79. The molecular weight excluding hydrogens is 164 g/mol. The number of carbonyl (C=O) groups excluding carboxylic acids is 1. The molecule has 0 spiro atoms. The second kappa shape index (κ2) is 4.79. The second-order valence-corrected chi connectivity index (χ2v) is 2.17. The van der Waals surface area contributed by atoms with Gasteiger partial charge in [-0.3, -0.25) is 4.79 Å². The molecule has 4 heteroatoms. The number of primary amides is 1. The summed E-state index contributed by atoms with van der Waals surface area (Å²) in [4.78, 5) is 12.2. The molecule has 0 saturated carbocycles. The van der Waals surface area contributed by atoms with Crippen LogP contribution in [0.5, 0.6) is 0 Å². The molecule has 0 saturated heterocycles. The van der Waals surface area contributed by atoms with Crippen molar-refractivity contribution in [1.82, 2.24) is 4.90 Å². The summed E-state index contributed by atoms with van der Waals surface area (Å²) in [7, 11) is 0. The van der Waals surface area contributed by atoms with Crippen molar-refractivity contribution in [2.45, 2.75) is 0 Å². The van der Waals surface area contributed by atoms with Gasteiger partial charge in [-0.1, -0.05) is 12.2 Å². The van der Waals surface area contributed by atoms with Crippen LogP contribution in [0, 0.1) is 0 Å². The molecule has 0 radical (unpaired) electrons. The van der Waals surface area contributed by atoms with Crippen molar-refractivity contribution in [1.29, 1.82) is 0 Å². The van der Waals surface area contributed by atoms with E-state index in [0.717, 1.165) is 6.54 Å². The summed E-state index contributed by atoms with van der Waals surface area (Å²) >= 11 is 0. The minimum Gasteiger partial charge on any atom is -0.368 e. The van der Waals surface area contributed by atoms with E-state index in [4.69, 9.17) is 5.73 Å². The van der Waals surface area contributed by atoms with Crippen molar-refractivity contribution in [2.75, 3.05) is 13.1 Å². The van der Waals surface area contributed by atoms with Crippen molar-refractivity contribution >= 4 is 18.3 Å². The van der Waals surface area contributed by atoms with E-state index in [-0.39, 0.29) is 18.3 Å². The van der Waals surface area contributed by atoms with Crippen molar-refractivity contribution in [3.05, 3.63) is 24.4 Å². The van der Waals surface area contributed by atoms with Gasteiger partial charge < -0.3 is 10.6 Å². The molecule has 1 aliphatic rings. The third-order valence-corrected chi connectivity index (χ3v) is 1.24. The van der Waals surface area contributed by atoms with Crippen LogP contribution in [-0.2, 0) is 4.79 Å². The molecule has 0 aromatic carbocycles. The highest BCUT2D eigenvalue weighted by Gasteiger charge is 2.01. The van der Waals surface area contributed by atoms with E-state index >= 15 is 0 Å². The number of hydrogen-bond acceptors (Lipinski definition) is 2. The molecule has 0 unspecified atom stereocenters. The summed E-state index contributed by atoms with van der Waals surface area (Å²) in [6.07, 6.45) is 7.65. The third kappa shape index (κ3) is 3.68. The van der Waals surface area contributed by atoms with Gasteiger partial charge in [-0.05, 0) is 12.3 Å². The molecule has 1 rings (SSSR count). The van der Waals surface area contributed by atoms with Crippen molar-refractivity contribution in [2.24, 2.45) is 5.73 Å². The third-order valence-electron chi connectivity index (χ3n) is 1.24. The Labute approximate surface area is 72.0 Å². The molecule has 11 heavy (non-hydrogen) atoms. The van der Waals surface area contributed by atoms with Gasteiger partial charge in [0.05, 0.1) is 6.54 Å². The SMILES string of the molecule is Cl.NC(=O)CN1C=CC=CC1. The van der Waals surface area contributed by atoms with E-state index in [1.807, 2.05) is 29.3 Å². The van der Waals surface area contributed by atoms with Crippen LogP contribution < -0.4 is 5.73 Å². The van der Waals surface area contributed by atoms with Crippen molar-refractivity contribution in [3.63, 3.8) is 0 Å². The molecule has 3 nitrogen and oxygen atoms in total. The minimum atomic E-state index is -0.292. The topological polar surface area (TPSA) is 46.3 Å². The van der Waals surface area contributed by atoms with Gasteiger partial charge in [-0.15, -0.1) is 12.4 Å². The van der Waals surface area contributed by atoms with Crippen molar-refractivity contribution in [3.8, 4) is 0 Å². The van der Waals surface area contributed by atoms with E-state index in [1.54, 1.807) is 0 Å². The van der Waals surface area contributed by atoms with Crippen LogP contribution >= 0.6 is 12.4 Å². The van der Waals surface area contributed by atoms with Gasteiger partial charge in [0.2, 0.25) is 5.91 Å². The number of rotatable bonds is 2. The summed E-state index contributed by atoms with van der Waals surface area (Å²) < 4.78 is 0. The number of carbonyl (C=O) groups is 1. The summed E-state index contributed by atoms with van der Waals surface area (Å²) in [5, 5.41) is 0. The largest absolute Gasteiger partial charge is 0.368 e. The molecule has 1 aliphatic heterocycles. The average molecular weight is 175 g/mol. The zero-order chi connectivity index (χ0) is 7.40. The Morgan fingerprint density at radius 3 is 2.73 bits per heavy atom. The Bertz CT molecular complexity index is 189. The molecule has 0 aromatic rings. The predicted molar refractivity (Wildman–Crippen MR) is 46.3 cm³/mol. The summed E-state index contributed by atoms with van der Waals surface area (Å²) in [5.74, 6) is -0.292. The minimum absolute atomic E-state index is 0. The summed E-state index contributed by atoms with van der Waals surface area (Å²) in [6.45, 7) is 1.08. The van der Waals surface area contributed by atoms with Gasteiger partial charge in [0.15, 0.2) is 0 Å². The van der Waals surface area contributed by atoms with Crippen LogP contribution in [0.1, 0.15) is 0 Å². The monoisotopic (exact) mass is 174 g/mol. The zero-order valence-electron chi connectivity index (χ0n) is 6.06. The average Bonchev–Trinajstić information content (AvgIpc) is 1.88. The number of halogens is 1. The van der Waals surface area contributed by atoms with Gasteiger partial charge in [-0.25, -0.2) is 0 Å². The molecule has 0 bridgehead atoms. The highest BCUT2D eigenvalue weighted by atomic mass is 35.5. The normalized spacial score (nSPS) is 14.4. The van der Waals surface area contributed by atoms with Crippen LogP contribution in [-0.4, -0.2) is 23.9 Å². The van der Waals surface area contributed by atoms with E-state index in [0.29, 0.717) is 6.54 Å². The maximum atomic E-state index is 10.4. The van der Waals surface area contributed by atoms with Crippen LogP contribution in [0.15, 0.2) is 24.4 Å². The first-order valence-corrected chi connectivity index (χ1v) is 3.15. The fraction of sp³-hybridized carbons (Fsp3) is 0.286. The first kappa shape index (κ1) is 10.0. The molecule has 1 heterocycles. The lowest BCUT2D eigenvalue weighted by atomic mass is 10.3. The first-order valence-electron chi connectivity index (χ1n) is 3.15. The van der Waals surface area contributed by atoms with E-state index in [1.165, 1.54) is 0 Å². The highest BCUT2D eigenvalue weighted by Crippen LogP contribution is 1.96. The Hall–Kier alpha value is -0.960. The summed E-state index contributed by atoms with van der Waals surface area (Å²) in [6, 6.07) is 0. The van der Waals surface area contributed by atoms with Crippen LogP contribution in [0.25, 0.3) is 0 Å². The van der Waals surface area contributed by atoms with Crippen LogP contribution in [0.4, 0.5) is 0 Å². The maximum absolute atomic E-state index is 10.4. The molecule has 62 valence electrons. The number of amides is 1. The quantitative estimate of drug-likeness (QED) is 0.654. The highest BCUT2D eigenvalue weighted by molar-refractivity contribution is 5.85. The molecule has 0 atom stereocenters. The van der Waals surface area contributed by atoms with Crippen LogP contribution in [0.2, 0.25) is 0 Å². The Morgan fingerprint density at radius 1 is 1.55 bits per heavy atom. The van der Waals surface area contributed by atoms with E-state index in [2.05, 4.69) is 0 Å². The lowest BCUT2D eigenvalue weighted by Gasteiger charge is -2.17.